The normalized spacial score (nSPS) is 30.9. The van der Waals surface area contributed by atoms with Crippen LogP contribution in [0.3, 0.4) is 0 Å². The van der Waals surface area contributed by atoms with Gasteiger partial charge in [-0.05, 0) is 25.6 Å². The zero-order chi connectivity index (χ0) is 19.4. The van der Waals surface area contributed by atoms with Gasteiger partial charge in [0.15, 0.2) is 11.4 Å². The molecule has 10 nitrogen and oxygen atoms in total. The first kappa shape index (κ1) is 20.3. The van der Waals surface area contributed by atoms with E-state index in [2.05, 4.69) is 10.1 Å². The molecule has 144 valence electrons. The van der Waals surface area contributed by atoms with Crippen LogP contribution in [0.15, 0.2) is 0 Å². The zero-order valence-corrected chi connectivity index (χ0v) is 14.6. The van der Waals surface area contributed by atoms with E-state index in [0.29, 0.717) is 32.3 Å². The number of Topliss-reactive ketones (excluding diaryl/α,β-unsaturated/α-hetero) is 1. The number of carbonyl (C=O) groups is 4. The molecule has 0 radical (unpaired) electrons. The number of carboxylic acids is 1. The second kappa shape index (κ2) is 8.15. The maximum Gasteiger partial charge on any atom is 0.528 e. The fourth-order valence-corrected chi connectivity index (χ4v) is 3.42. The molecule has 0 aliphatic carbocycles. The minimum atomic E-state index is -1.83. The Morgan fingerprint density at radius 3 is 2.88 bits per heavy atom. The van der Waals surface area contributed by atoms with Gasteiger partial charge in [0.2, 0.25) is 0 Å². The number of nitrogens with two attached hydrogens (primary N) is 1. The van der Waals surface area contributed by atoms with Gasteiger partial charge in [0.25, 0.3) is 6.47 Å². The summed E-state index contributed by atoms with van der Waals surface area (Å²) in [7, 11) is -0.934. The molecule has 3 atom stereocenters. The number of carbonyl (C=O) groups excluding carboxylic acids is 3. The molecule has 2 heterocycles. The molecule has 0 aromatic rings. The highest BCUT2D eigenvalue weighted by molar-refractivity contribution is 6.49. The van der Waals surface area contributed by atoms with Crippen LogP contribution in [0.4, 0.5) is 0 Å². The number of aliphatic carboxylic acids is 1. The van der Waals surface area contributed by atoms with E-state index < -0.39 is 43.2 Å². The van der Waals surface area contributed by atoms with Crippen LogP contribution in [0, 0.1) is 5.92 Å². The van der Waals surface area contributed by atoms with E-state index in [1.807, 2.05) is 0 Å². The lowest BCUT2D eigenvalue weighted by atomic mass is 9.77. The minimum Gasteiger partial charge on any atom is -0.507 e. The van der Waals surface area contributed by atoms with Gasteiger partial charge in [0, 0.05) is 13.1 Å². The Bertz CT molecular complexity index is 588. The largest absolute Gasteiger partial charge is 0.528 e. The zero-order valence-electron chi connectivity index (χ0n) is 14.6. The molecule has 0 amide bonds. The van der Waals surface area contributed by atoms with Crippen molar-refractivity contribution in [1.29, 1.82) is 0 Å². The number of ketones is 1. The van der Waals surface area contributed by atoms with E-state index in [1.165, 1.54) is 6.92 Å². The lowest BCUT2D eigenvalue weighted by Crippen LogP contribution is -2.53. The topological polar surface area (TPSA) is 154 Å². The van der Waals surface area contributed by atoms with Gasteiger partial charge in [-0.1, -0.05) is 6.42 Å². The third-order valence-electron chi connectivity index (χ3n) is 4.97. The summed E-state index contributed by atoms with van der Waals surface area (Å²) in [6.45, 7) is 2.10. The second-order valence-electron chi connectivity index (χ2n) is 6.78. The first-order valence-electron chi connectivity index (χ1n) is 8.40. The molecule has 4 N–H and O–H groups in total. The van der Waals surface area contributed by atoms with E-state index in [1.54, 1.807) is 0 Å². The average Bonchev–Trinajstić information content (AvgIpc) is 3.07. The fraction of sp³-hybridized carbons (Fsp3) is 0.733. The highest BCUT2D eigenvalue weighted by Gasteiger charge is 2.54. The molecule has 0 spiro atoms. The van der Waals surface area contributed by atoms with Gasteiger partial charge >= 0.3 is 19.1 Å². The molecule has 11 heteroatoms. The Kier molecular flexibility index (Phi) is 6.37. The third-order valence-corrected chi connectivity index (χ3v) is 4.97. The fourth-order valence-electron chi connectivity index (χ4n) is 3.42. The molecule has 0 aromatic carbocycles. The van der Waals surface area contributed by atoms with E-state index in [-0.39, 0.29) is 18.2 Å². The van der Waals surface area contributed by atoms with E-state index >= 15 is 0 Å². The molecule has 2 aliphatic heterocycles. The van der Waals surface area contributed by atoms with Gasteiger partial charge < -0.3 is 30.2 Å². The van der Waals surface area contributed by atoms with E-state index in [4.69, 9.17) is 20.1 Å². The molecule has 2 saturated heterocycles. The summed E-state index contributed by atoms with van der Waals surface area (Å²) in [5.74, 6) is -2.27. The number of rotatable bonds is 10. The molecule has 3 unspecified atom stereocenters. The van der Waals surface area contributed by atoms with Gasteiger partial charge in [0.1, 0.15) is 6.61 Å². The number of nitrogens with one attached hydrogen (secondary N) is 1. The van der Waals surface area contributed by atoms with Crippen LogP contribution in [0.1, 0.15) is 26.2 Å². The standard InChI is InChI=1S/C15H23BN2O8/c1-10(20)15(17)7-18-6-11(15)3-2-4-16-25-13(23)14(26-16,5-12(21)22)8-24-9-19/h9,11,18H,2-8,17H2,1H3,(H,21,22). The molecule has 0 bridgehead atoms. The maximum atomic E-state index is 12.1. The molecule has 2 fully saturated rings. The molecule has 2 rings (SSSR count). The van der Waals surface area contributed by atoms with Crippen molar-refractivity contribution in [3.8, 4) is 0 Å². The van der Waals surface area contributed by atoms with Crippen LogP contribution < -0.4 is 11.1 Å². The lowest BCUT2D eigenvalue weighted by Gasteiger charge is -2.27. The minimum absolute atomic E-state index is 0.0423. The van der Waals surface area contributed by atoms with Gasteiger partial charge in [-0.2, -0.15) is 0 Å². The summed E-state index contributed by atoms with van der Waals surface area (Å²) >= 11 is 0. The first-order valence-corrected chi connectivity index (χ1v) is 8.40. The van der Waals surface area contributed by atoms with Crippen molar-refractivity contribution in [3.63, 3.8) is 0 Å². The predicted molar refractivity (Wildman–Crippen MR) is 87.9 cm³/mol. The highest BCUT2D eigenvalue weighted by atomic mass is 16.7. The lowest BCUT2D eigenvalue weighted by molar-refractivity contribution is -0.158. The van der Waals surface area contributed by atoms with Crippen molar-refractivity contribution in [2.45, 2.75) is 43.6 Å². The molecule has 2 aliphatic rings. The Hall–Kier alpha value is -1.98. The number of hydrogen-bond acceptors (Lipinski definition) is 9. The summed E-state index contributed by atoms with van der Waals surface area (Å²) in [6, 6.07) is 0. The SMILES string of the molecule is CC(=O)C1(N)CNCC1CCCB1OC(=O)C(COC=O)(CC(=O)O)O1. The summed E-state index contributed by atoms with van der Waals surface area (Å²) in [5.41, 5.74) is 3.44. The summed E-state index contributed by atoms with van der Waals surface area (Å²) in [5, 5.41) is 12.1. The van der Waals surface area contributed by atoms with Crippen molar-refractivity contribution in [2.24, 2.45) is 11.7 Å². The molecule has 0 saturated carbocycles. The van der Waals surface area contributed by atoms with Crippen molar-refractivity contribution in [2.75, 3.05) is 19.7 Å². The average molecular weight is 370 g/mol. The van der Waals surface area contributed by atoms with Crippen LogP contribution in [0.2, 0.25) is 6.32 Å². The van der Waals surface area contributed by atoms with Gasteiger partial charge in [-0.25, -0.2) is 0 Å². The Morgan fingerprint density at radius 1 is 1.54 bits per heavy atom. The van der Waals surface area contributed by atoms with Crippen LogP contribution in [0.5, 0.6) is 0 Å². The van der Waals surface area contributed by atoms with Gasteiger partial charge in [-0.15, -0.1) is 0 Å². The molecule has 26 heavy (non-hydrogen) atoms. The quantitative estimate of drug-likeness (QED) is 0.313. The number of ether oxygens (including phenoxy) is 1. The van der Waals surface area contributed by atoms with Crippen LogP contribution in [0.25, 0.3) is 0 Å². The van der Waals surface area contributed by atoms with Crippen LogP contribution >= 0.6 is 0 Å². The third kappa shape index (κ3) is 4.22. The first-order chi connectivity index (χ1) is 12.2. The number of hydrogen-bond donors (Lipinski definition) is 3. The molecule has 0 aromatic heterocycles. The van der Waals surface area contributed by atoms with Crippen molar-refractivity contribution in [1.82, 2.24) is 5.32 Å². The summed E-state index contributed by atoms with van der Waals surface area (Å²) in [4.78, 5) is 45.3. The van der Waals surface area contributed by atoms with Crippen molar-refractivity contribution < 1.29 is 38.3 Å². The smallest absolute Gasteiger partial charge is 0.507 e. The Morgan fingerprint density at radius 2 is 2.27 bits per heavy atom. The van der Waals surface area contributed by atoms with E-state index in [9.17, 15) is 19.2 Å². The van der Waals surface area contributed by atoms with Crippen LogP contribution in [-0.4, -0.2) is 67.3 Å². The van der Waals surface area contributed by atoms with E-state index in [0.717, 1.165) is 0 Å². The monoisotopic (exact) mass is 370 g/mol. The highest BCUT2D eigenvalue weighted by Crippen LogP contribution is 2.31. The Labute approximate surface area is 150 Å². The Balaban J connectivity index is 1.91. The predicted octanol–water partition coefficient (Wildman–Crippen LogP) is -1.28. The summed E-state index contributed by atoms with van der Waals surface area (Å²) < 4.78 is 15.1. The van der Waals surface area contributed by atoms with Crippen molar-refractivity contribution >= 4 is 31.3 Å². The molecular formula is C15H23BN2O8. The van der Waals surface area contributed by atoms with Crippen molar-refractivity contribution in [3.05, 3.63) is 0 Å². The number of carboxylic acid groups (broad SMARTS) is 1. The van der Waals surface area contributed by atoms with Gasteiger partial charge in [-0.3, -0.25) is 19.2 Å². The van der Waals surface area contributed by atoms with Gasteiger partial charge in [0.05, 0.1) is 12.0 Å². The second-order valence-corrected chi connectivity index (χ2v) is 6.78. The maximum absolute atomic E-state index is 12.1. The summed E-state index contributed by atoms with van der Waals surface area (Å²) in [6.07, 6.45) is 0.836. The molecular weight excluding hydrogens is 347 g/mol. The van der Waals surface area contributed by atoms with Crippen LogP contribution in [-0.2, 0) is 33.2 Å².